The Balaban J connectivity index is 2.39. The molecule has 13 heavy (non-hydrogen) atoms. The second-order valence-electron chi connectivity index (χ2n) is 2.45. The van der Waals surface area contributed by atoms with Crippen LogP contribution in [0.4, 0.5) is 0 Å². The smallest absolute Gasteiger partial charge is 0.195 e. The van der Waals surface area contributed by atoms with Crippen LogP contribution in [0.2, 0.25) is 0 Å². The van der Waals surface area contributed by atoms with Crippen molar-refractivity contribution in [1.29, 1.82) is 0 Å². The van der Waals surface area contributed by atoms with Crippen LogP contribution in [0.3, 0.4) is 0 Å². The molecule has 2 heterocycles. The number of carbonyl (C=O) groups is 1. The summed E-state index contributed by atoms with van der Waals surface area (Å²) in [4.78, 5) is 11.8. The van der Waals surface area contributed by atoms with Crippen LogP contribution < -0.4 is 0 Å². The molecule has 0 aliphatic heterocycles. The lowest BCUT2D eigenvalue weighted by Crippen LogP contribution is -1.98. The highest BCUT2D eigenvalue weighted by Crippen LogP contribution is 2.22. The zero-order valence-electron chi connectivity index (χ0n) is 6.49. The molecule has 0 aliphatic rings. The van der Waals surface area contributed by atoms with Gasteiger partial charge in [0.15, 0.2) is 5.78 Å². The molecule has 0 bridgehead atoms. The number of carbonyl (C=O) groups excluding carboxylic acids is 1. The van der Waals surface area contributed by atoms with E-state index in [1.807, 2.05) is 28.3 Å². The van der Waals surface area contributed by atoms with Gasteiger partial charge in [0.25, 0.3) is 0 Å². The van der Waals surface area contributed by atoms with Crippen LogP contribution in [0, 0.1) is 2.88 Å². The Labute approximate surface area is 97.6 Å². The van der Waals surface area contributed by atoms with E-state index in [1.54, 1.807) is 22.7 Å². The lowest BCUT2D eigenvalue weighted by atomic mass is 10.1. The van der Waals surface area contributed by atoms with Crippen molar-refractivity contribution in [2.75, 3.05) is 0 Å². The summed E-state index contributed by atoms with van der Waals surface area (Å²) < 4.78 is 1.06. The molecule has 0 saturated carbocycles. The minimum atomic E-state index is 0.131. The summed E-state index contributed by atoms with van der Waals surface area (Å²) in [6.07, 6.45) is 0. The van der Waals surface area contributed by atoms with Crippen LogP contribution in [0.5, 0.6) is 0 Å². The van der Waals surface area contributed by atoms with Gasteiger partial charge in [-0.25, -0.2) is 0 Å². The monoisotopic (exact) mass is 320 g/mol. The molecule has 2 aromatic rings. The molecule has 66 valence electrons. The van der Waals surface area contributed by atoms with Crippen molar-refractivity contribution in [1.82, 2.24) is 0 Å². The second kappa shape index (κ2) is 3.89. The van der Waals surface area contributed by atoms with Crippen LogP contribution >= 0.6 is 45.3 Å². The minimum absolute atomic E-state index is 0.131. The third kappa shape index (κ3) is 1.84. The van der Waals surface area contributed by atoms with Crippen LogP contribution in [0.15, 0.2) is 28.3 Å². The SMILES string of the molecule is O=C(c1ccsc1)c1ccsc1I. The van der Waals surface area contributed by atoms with Gasteiger partial charge in [-0.15, -0.1) is 11.3 Å². The Morgan fingerprint density at radius 1 is 1.31 bits per heavy atom. The molecule has 0 amide bonds. The quantitative estimate of drug-likeness (QED) is 0.610. The average Bonchev–Trinajstić information content (AvgIpc) is 2.72. The molecule has 0 unspecified atom stereocenters. The zero-order chi connectivity index (χ0) is 9.26. The van der Waals surface area contributed by atoms with Crippen LogP contribution in [-0.2, 0) is 0 Å². The summed E-state index contributed by atoms with van der Waals surface area (Å²) in [6.45, 7) is 0. The molecule has 0 spiro atoms. The van der Waals surface area contributed by atoms with E-state index in [-0.39, 0.29) is 5.78 Å². The van der Waals surface area contributed by atoms with Gasteiger partial charge in [0.2, 0.25) is 0 Å². The molecule has 2 rings (SSSR count). The molecule has 0 atom stereocenters. The van der Waals surface area contributed by atoms with Crippen molar-refractivity contribution in [3.05, 3.63) is 42.3 Å². The lowest BCUT2D eigenvalue weighted by Gasteiger charge is -1.93. The predicted molar refractivity (Wildman–Crippen MR) is 64.8 cm³/mol. The Kier molecular flexibility index (Phi) is 2.80. The zero-order valence-corrected chi connectivity index (χ0v) is 10.3. The maximum atomic E-state index is 11.8. The first-order chi connectivity index (χ1) is 6.29. The number of halogens is 1. The maximum absolute atomic E-state index is 11.8. The van der Waals surface area contributed by atoms with Gasteiger partial charge < -0.3 is 0 Å². The summed E-state index contributed by atoms with van der Waals surface area (Å²) >= 11 is 5.35. The first-order valence-corrected chi connectivity index (χ1v) is 6.49. The van der Waals surface area contributed by atoms with Crippen molar-refractivity contribution < 1.29 is 4.79 Å². The maximum Gasteiger partial charge on any atom is 0.195 e. The number of rotatable bonds is 2. The predicted octanol–water partition coefficient (Wildman–Crippen LogP) is 3.65. The fourth-order valence-corrected chi connectivity index (χ4v) is 3.12. The van der Waals surface area contributed by atoms with E-state index in [2.05, 4.69) is 22.6 Å². The molecule has 2 aromatic heterocycles. The number of hydrogen-bond acceptors (Lipinski definition) is 3. The van der Waals surface area contributed by atoms with Gasteiger partial charge in [-0.05, 0) is 45.5 Å². The van der Waals surface area contributed by atoms with Crippen molar-refractivity contribution in [3.8, 4) is 0 Å². The number of ketones is 1. The van der Waals surface area contributed by atoms with E-state index in [0.717, 1.165) is 14.0 Å². The lowest BCUT2D eigenvalue weighted by molar-refractivity contribution is 0.103. The van der Waals surface area contributed by atoms with Crippen LogP contribution in [0.1, 0.15) is 15.9 Å². The van der Waals surface area contributed by atoms with Gasteiger partial charge in [-0.2, -0.15) is 11.3 Å². The van der Waals surface area contributed by atoms with Crippen molar-refractivity contribution in [3.63, 3.8) is 0 Å². The summed E-state index contributed by atoms with van der Waals surface area (Å²) in [7, 11) is 0. The summed E-state index contributed by atoms with van der Waals surface area (Å²) in [5.74, 6) is 0.131. The third-order valence-electron chi connectivity index (χ3n) is 1.65. The molecule has 0 fully saturated rings. The van der Waals surface area contributed by atoms with Gasteiger partial charge in [-0.1, -0.05) is 0 Å². The Bertz CT molecular complexity index is 417. The molecule has 0 saturated heterocycles. The summed E-state index contributed by atoms with van der Waals surface area (Å²) in [6, 6.07) is 3.74. The Hall–Kier alpha value is -0.200. The Morgan fingerprint density at radius 3 is 2.69 bits per heavy atom. The highest BCUT2D eigenvalue weighted by Gasteiger charge is 2.13. The molecule has 0 N–H and O–H groups in total. The van der Waals surface area contributed by atoms with E-state index in [0.29, 0.717) is 0 Å². The van der Waals surface area contributed by atoms with Crippen LogP contribution in [-0.4, -0.2) is 5.78 Å². The molecule has 0 aromatic carbocycles. The van der Waals surface area contributed by atoms with E-state index < -0.39 is 0 Å². The molecule has 4 heteroatoms. The van der Waals surface area contributed by atoms with Gasteiger partial charge in [0, 0.05) is 16.5 Å². The highest BCUT2D eigenvalue weighted by atomic mass is 127. The molecule has 0 aliphatic carbocycles. The van der Waals surface area contributed by atoms with Gasteiger partial charge in [0.05, 0.1) is 2.88 Å². The third-order valence-corrected chi connectivity index (χ3v) is 4.37. The molecular weight excluding hydrogens is 315 g/mol. The fourth-order valence-electron chi connectivity index (χ4n) is 1.00. The summed E-state index contributed by atoms with van der Waals surface area (Å²) in [5.41, 5.74) is 1.62. The fraction of sp³-hybridized carbons (Fsp3) is 0. The first-order valence-electron chi connectivity index (χ1n) is 3.59. The van der Waals surface area contributed by atoms with E-state index >= 15 is 0 Å². The largest absolute Gasteiger partial charge is 0.289 e. The average molecular weight is 320 g/mol. The van der Waals surface area contributed by atoms with E-state index in [4.69, 9.17) is 0 Å². The topological polar surface area (TPSA) is 17.1 Å². The second-order valence-corrected chi connectivity index (χ2v) is 5.96. The highest BCUT2D eigenvalue weighted by molar-refractivity contribution is 14.1. The Morgan fingerprint density at radius 2 is 2.15 bits per heavy atom. The standard InChI is InChI=1S/C9H5IOS2/c10-9-7(2-4-13-9)8(11)6-1-3-12-5-6/h1-5H. The van der Waals surface area contributed by atoms with Crippen molar-refractivity contribution in [2.45, 2.75) is 0 Å². The number of thiophene rings is 2. The van der Waals surface area contributed by atoms with Crippen molar-refractivity contribution >= 4 is 51.0 Å². The van der Waals surface area contributed by atoms with Crippen LogP contribution in [0.25, 0.3) is 0 Å². The number of hydrogen-bond donors (Lipinski definition) is 0. The first kappa shape index (κ1) is 9.36. The van der Waals surface area contributed by atoms with E-state index in [1.165, 1.54) is 0 Å². The van der Waals surface area contributed by atoms with E-state index in [9.17, 15) is 4.79 Å². The minimum Gasteiger partial charge on any atom is -0.289 e. The molecular formula is C9H5IOS2. The molecule has 1 nitrogen and oxygen atoms in total. The van der Waals surface area contributed by atoms with Crippen molar-refractivity contribution in [2.24, 2.45) is 0 Å². The molecule has 0 radical (unpaired) electrons. The summed E-state index contributed by atoms with van der Waals surface area (Å²) in [5, 5.41) is 5.75. The van der Waals surface area contributed by atoms with Gasteiger partial charge >= 0.3 is 0 Å². The van der Waals surface area contributed by atoms with Gasteiger partial charge in [0.1, 0.15) is 0 Å². The van der Waals surface area contributed by atoms with Gasteiger partial charge in [-0.3, -0.25) is 4.79 Å². The normalized spacial score (nSPS) is 10.2.